The first-order valence-electron chi connectivity index (χ1n) is 9.52. The maximum absolute atomic E-state index is 6.99. The molecule has 0 aromatic heterocycles. The van der Waals surface area contributed by atoms with Gasteiger partial charge in [0.25, 0.3) is 0 Å². The molecule has 1 aliphatic carbocycles. The molecule has 1 aromatic carbocycles. The van der Waals surface area contributed by atoms with Crippen molar-refractivity contribution in [1.82, 2.24) is 0 Å². The molecule has 0 heterocycles. The van der Waals surface area contributed by atoms with Crippen molar-refractivity contribution in [3.05, 3.63) is 45.4 Å². The van der Waals surface area contributed by atoms with Gasteiger partial charge >= 0.3 is 160 Å². The van der Waals surface area contributed by atoms with Crippen LogP contribution in [0, 0.1) is 12.3 Å². The molecular weight excluding hydrogens is 443 g/mol. The van der Waals surface area contributed by atoms with Crippen molar-refractivity contribution in [2.24, 2.45) is 5.41 Å². The molecule has 27 heavy (non-hydrogen) atoms. The summed E-state index contributed by atoms with van der Waals surface area (Å²) < 4.78 is 8.64. The molecule has 0 radical (unpaired) electrons. The van der Waals surface area contributed by atoms with Crippen molar-refractivity contribution in [2.75, 3.05) is 0 Å². The Hall–Kier alpha value is 0.228. The van der Waals surface area contributed by atoms with E-state index >= 15 is 0 Å². The van der Waals surface area contributed by atoms with Crippen LogP contribution < -0.4 is 8.51 Å². The first-order valence-corrected chi connectivity index (χ1v) is 23.3. The molecule has 0 saturated carbocycles. The number of hydrogen-bond donors (Lipinski definition) is 0. The van der Waals surface area contributed by atoms with E-state index in [1.54, 1.807) is 3.88 Å². The number of benzene rings is 1. The summed E-state index contributed by atoms with van der Waals surface area (Å²) in [5, 5.41) is 6.46. The standard InChI is InChI=1S/C10H16OSi.C9H13.2CH3.2ClH.H3Si.Ti/c1-8-5-9(11)7-10(6-8)12(2,3)4;1-9(2,3)8-6-4-5-7-8;;;;;;/h5-7,11H,1-4H3;4,6H,5H2,1-3H3;2*1H3;2*1H;1H3;/q;;;;;;;+1/p-1. The van der Waals surface area contributed by atoms with Gasteiger partial charge < -0.3 is 0 Å². The summed E-state index contributed by atoms with van der Waals surface area (Å²) in [5.41, 5.74) is 3.05. The van der Waals surface area contributed by atoms with Gasteiger partial charge in [-0.1, -0.05) is 0 Å². The van der Waals surface area contributed by atoms with Gasteiger partial charge in [-0.25, -0.2) is 0 Å². The van der Waals surface area contributed by atoms with Crippen molar-refractivity contribution in [2.45, 2.75) is 64.2 Å². The average Bonchev–Trinajstić information content (AvgIpc) is 2.85. The van der Waals surface area contributed by atoms with E-state index in [4.69, 9.17) is 3.32 Å². The second kappa shape index (κ2) is 8.53. The number of aryl methyl sites for hydroxylation is 1. The third kappa shape index (κ3) is 6.62. The largest absolute Gasteiger partial charge is 0.147 e. The van der Waals surface area contributed by atoms with Gasteiger partial charge in [-0.15, -0.1) is 24.8 Å². The van der Waals surface area contributed by atoms with Gasteiger partial charge in [0.1, 0.15) is 0 Å². The van der Waals surface area contributed by atoms with Crippen LogP contribution in [0.2, 0.25) is 30.1 Å². The molecule has 0 bridgehead atoms. The molecule has 0 saturated heterocycles. The molecule has 0 unspecified atom stereocenters. The van der Waals surface area contributed by atoms with Crippen LogP contribution in [0.3, 0.4) is 0 Å². The maximum Gasteiger partial charge on any atom is -0.147 e. The zero-order valence-corrected chi connectivity index (χ0v) is 25.0. The Kier molecular flexibility index (Phi) is 8.61. The van der Waals surface area contributed by atoms with Crippen LogP contribution in [0.5, 0.6) is 5.75 Å². The summed E-state index contributed by atoms with van der Waals surface area (Å²) in [5.74, 6) is 1.11. The van der Waals surface area contributed by atoms with Crippen molar-refractivity contribution in [3.8, 4) is 5.75 Å². The third-order valence-electron chi connectivity index (χ3n) is 5.16. The molecule has 1 aliphatic rings. The minimum absolute atomic E-state index is 0. The molecule has 6 heteroatoms. The summed E-state index contributed by atoms with van der Waals surface area (Å²) >= 11 is -3.10. The molecule has 155 valence electrons. The minimum Gasteiger partial charge on any atom is -0.147 e. The molecule has 0 amide bonds. The number of hydrogen-bond acceptors (Lipinski definition) is 1. The van der Waals surface area contributed by atoms with E-state index in [1.807, 2.05) is 0 Å². The minimum atomic E-state index is -3.10. The molecule has 0 atom stereocenters. The van der Waals surface area contributed by atoms with E-state index < -0.39 is 23.0 Å². The summed E-state index contributed by atoms with van der Waals surface area (Å²) in [6.07, 6.45) is 5.79. The fourth-order valence-electron chi connectivity index (χ4n) is 3.73. The molecule has 2 rings (SSSR count). The van der Waals surface area contributed by atoms with Crippen LogP contribution in [0.15, 0.2) is 39.8 Å². The quantitative estimate of drug-likeness (QED) is 0.478. The fourth-order valence-corrected chi connectivity index (χ4v) is 13.0. The summed E-state index contributed by atoms with van der Waals surface area (Å²) in [4.78, 5) is 0. The summed E-state index contributed by atoms with van der Waals surface area (Å²) in [7, 11) is -0.218. The topological polar surface area (TPSA) is 9.23 Å². The molecule has 0 N–H and O–H groups in total. The van der Waals surface area contributed by atoms with Crippen LogP contribution in [0.1, 0.15) is 32.8 Å². The number of halogens is 2. The van der Waals surface area contributed by atoms with Gasteiger partial charge in [-0.2, -0.15) is 0 Å². The Bertz CT molecular complexity index is 748. The molecule has 0 aliphatic heterocycles. The normalized spacial score (nSPS) is 16.4. The van der Waals surface area contributed by atoms with E-state index in [1.165, 1.54) is 16.3 Å². The molecule has 0 spiro atoms. The molecule has 0 fully saturated rings. The third-order valence-corrected chi connectivity index (χ3v) is 15.9. The second-order valence-corrected chi connectivity index (χ2v) is 38.7. The SMILES string of the molecule is Cc1cc([O][Ti]([CH3])([CH3])([SiH3])[C]2=C(C(C)(C)C)C=CC2)cc([Si](C)(C)C)c1.Cl.Cl. The number of rotatable bonds is 4. The zero-order valence-electron chi connectivity index (χ0n) is 18.8. The van der Waals surface area contributed by atoms with Crippen LogP contribution >= 0.6 is 24.8 Å². The second-order valence-electron chi connectivity index (χ2n) is 11.1. The molecular formula is C21H39Cl2OSi2Ti. The van der Waals surface area contributed by atoms with Crippen LogP contribution in [-0.4, -0.2) is 16.2 Å². The van der Waals surface area contributed by atoms with Crippen LogP contribution in [0.25, 0.3) is 0 Å². The first-order chi connectivity index (χ1) is 11.1. The monoisotopic (exact) mass is 481 g/mol. The van der Waals surface area contributed by atoms with Gasteiger partial charge in [0.2, 0.25) is 0 Å². The predicted octanol–water partition coefficient (Wildman–Crippen LogP) is 6.00. The van der Waals surface area contributed by atoms with Gasteiger partial charge in [-0.3, -0.25) is 0 Å². The van der Waals surface area contributed by atoms with Gasteiger partial charge in [-0.05, 0) is 0 Å². The smallest absolute Gasteiger partial charge is 0.147 e. The maximum atomic E-state index is 6.99. The molecule has 1 aromatic rings. The van der Waals surface area contributed by atoms with Crippen LogP contribution in [-0.2, 0) is 14.9 Å². The zero-order chi connectivity index (χ0) is 19.3. The number of allylic oxidation sites excluding steroid dienone is 4. The van der Waals surface area contributed by atoms with E-state index in [2.05, 4.69) is 88.1 Å². The predicted molar refractivity (Wildman–Crippen MR) is 131 cm³/mol. The fraction of sp³-hybridized carbons (Fsp3) is 0.524. The Morgan fingerprint density at radius 3 is 2.07 bits per heavy atom. The Morgan fingerprint density at radius 2 is 1.59 bits per heavy atom. The summed E-state index contributed by atoms with van der Waals surface area (Å²) in [6.45, 7) is 16.4. The Balaban J connectivity index is 0.00000338. The van der Waals surface area contributed by atoms with E-state index in [9.17, 15) is 0 Å². The van der Waals surface area contributed by atoms with Crippen LogP contribution in [0.4, 0.5) is 0 Å². The van der Waals surface area contributed by atoms with Crippen molar-refractivity contribution in [1.29, 1.82) is 0 Å². The Morgan fingerprint density at radius 1 is 1.04 bits per heavy atom. The van der Waals surface area contributed by atoms with Gasteiger partial charge in [0.05, 0.1) is 0 Å². The van der Waals surface area contributed by atoms with E-state index in [0.29, 0.717) is 0 Å². The average molecular weight is 482 g/mol. The van der Waals surface area contributed by atoms with Gasteiger partial charge in [0.15, 0.2) is 0 Å². The van der Waals surface area contributed by atoms with E-state index in [-0.39, 0.29) is 30.2 Å². The van der Waals surface area contributed by atoms with E-state index in [0.717, 1.165) is 20.3 Å². The van der Waals surface area contributed by atoms with Crippen molar-refractivity contribution >= 4 is 46.2 Å². The Labute approximate surface area is 184 Å². The molecule has 1 nitrogen and oxygen atoms in total. The van der Waals surface area contributed by atoms with Crippen molar-refractivity contribution < 1.29 is 18.3 Å². The van der Waals surface area contributed by atoms with Gasteiger partial charge in [0, 0.05) is 0 Å². The summed E-state index contributed by atoms with van der Waals surface area (Å²) in [6, 6.07) is 6.94. The first kappa shape index (κ1) is 27.2. The van der Waals surface area contributed by atoms with Crippen molar-refractivity contribution in [3.63, 3.8) is 0 Å².